The molecule has 1 unspecified atom stereocenters. The van der Waals surface area contributed by atoms with Crippen molar-refractivity contribution in [2.24, 2.45) is 16.6 Å². The van der Waals surface area contributed by atoms with Gasteiger partial charge in [0, 0.05) is 44.5 Å². The lowest BCUT2D eigenvalue weighted by Gasteiger charge is -2.35. The van der Waals surface area contributed by atoms with Gasteiger partial charge in [-0.05, 0) is 42.2 Å². The molecule has 2 aliphatic rings. The first-order valence-electron chi connectivity index (χ1n) is 9.13. The Labute approximate surface area is 158 Å². The van der Waals surface area contributed by atoms with E-state index in [4.69, 9.17) is 5.73 Å². The zero-order valence-corrected chi connectivity index (χ0v) is 16.1. The number of primary amides is 1. The highest BCUT2D eigenvalue weighted by Gasteiger charge is 2.25. The van der Waals surface area contributed by atoms with Gasteiger partial charge < -0.3 is 20.9 Å². The zero-order valence-electron chi connectivity index (χ0n) is 15.2. The van der Waals surface area contributed by atoms with E-state index in [-0.39, 0.29) is 24.3 Å². The molecule has 7 nitrogen and oxygen atoms in total. The molecular formula is C18H27N5O2S. The first-order valence-corrected chi connectivity index (χ1v) is 10.0. The molecule has 0 spiro atoms. The molecule has 3 heterocycles. The third-order valence-electron chi connectivity index (χ3n) is 5.08. The number of hydrogen-bond acceptors (Lipinski definition) is 4. The summed E-state index contributed by atoms with van der Waals surface area (Å²) in [5, 5.41) is 5.29. The summed E-state index contributed by atoms with van der Waals surface area (Å²) in [6.45, 7) is 3.34. The van der Waals surface area contributed by atoms with Crippen molar-refractivity contribution < 1.29 is 9.59 Å². The molecule has 3 rings (SSSR count). The molecule has 1 fully saturated rings. The number of guanidine groups is 1. The van der Waals surface area contributed by atoms with E-state index in [0.717, 1.165) is 44.9 Å². The van der Waals surface area contributed by atoms with Crippen LogP contribution in [-0.4, -0.2) is 60.8 Å². The van der Waals surface area contributed by atoms with E-state index < -0.39 is 0 Å². The molecule has 0 aliphatic carbocycles. The van der Waals surface area contributed by atoms with Crippen LogP contribution in [0.4, 0.5) is 0 Å². The van der Waals surface area contributed by atoms with Crippen LogP contribution in [0.1, 0.15) is 29.7 Å². The lowest BCUT2D eigenvalue weighted by Crippen LogP contribution is -2.50. The van der Waals surface area contributed by atoms with E-state index in [1.165, 1.54) is 10.4 Å². The Bertz CT molecular complexity index is 687. The number of piperidine rings is 1. The van der Waals surface area contributed by atoms with Gasteiger partial charge in [-0.1, -0.05) is 0 Å². The lowest BCUT2D eigenvalue weighted by molar-refractivity contribution is -0.130. The van der Waals surface area contributed by atoms with Crippen LogP contribution >= 0.6 is 11.3 Å². The molecule has 0 bridgehead atoms. The van der Waals surface area contributed by atoms with Crippen molar-refractivity contribution in [1.29, 1.82) is 0 Å². The quantitative estimate of drug-likeness (QED) is 0.600. The number of thiophene rings is 1. The molecule has 142 valence electrons. The first kappa shape index (κ1) is 18.7. The molecule has 0 radical (unpaired) electrons. The van der Waals surface area contributed by atoms with Gasteiger partial charge in [0.2, 0.25) is 11.8 Å². The van der Waals surface area contributed by atoms with Gasteiger partial charge in [-0.3, -0.25) is 14.6 Å². The highest BCUT2D eigenvalue weighted by molar-refractivity contribution is 7.10. The highest BCUT2D eigenvalue weighted by atomic mass is 32.1. The number of likely N-dealkylation sites (tertiary alicyclic amines) is 1. The average Bonchev–Trinajstić information content (AvgIpc) is 3.09. The molecule has 26 heavy (non-hydrogen) atoms. The summed E-state index contributed by atoms with van der Waals surface area (Å²) in [4.78, 5) is 33.5. The van der Waals surface area contributed by atoms with E-state index in [9.17, 15) is 9.59 Å². The minimum Gasteiger partial charge on any atom is -0.370 e. The number of nitrogens with one attached hydrogen (secondary N) is 1. The topological polar surface area (TPSA) is 91.0 Å². The van der Waals surface area contributed by atoms with Gasteiger partial charge in [0.25, 0.3) is 0 Å². The number of nitrogens with zero attached hydrogens (tertiary/aromatic N) is 3. The molecule has 8 heteroatoms. The predicted octanol–water partition coefficient (Wildman–Crippen LogP) is 0.796. The summed E-state index contributed by atoms with van der Waals surface area (Å²) in [5.41, 5.74) is 6.60. The fourth-order valence-corrected chi connectivity index (χ4v) is 4.66. The number of rotatable bonds is 4. The molecule has 1 aromatic heterocycles. The van der Waals surface area contributed by atoms with E-state index in [0.29, 0.717) is 13.0 Å². The standard InChI is InChI=1S/C18H27N5O2S/c1-20-18(23-6-2-3-13(11-23)9-16(19)24)21-10-17(25)22-7-4-15-14(12-22)5-8-26-15/h5,8,13H,2-4,6-7,9-12H2,1H3,(H2,19,24)(H,20,21). The Morgan fingerprint density at radius 2 is 2.23 bits per heavy atom. The highest BCUT2D eigenvalue weighted by Crippen LogP contribution is 2.24. The van der Waals surface area contributed by atoms with Crippen LogP contribution in [0.25, 0.3) is 0 Å². The Balaban J connectivity index is 1.51. The Hall–Kier alpha value is -2.09. The summed E-state index contributed by atoms with van der Waals surface area (Å²) in [6.07, 6.45) is 3.35. The molecule has 0 aromatic carbocycles. The fourth-order valence-electron chi connectivity index (χ4n) is 3.77. The summed E-state index contributed by atoms with van der Waals surface area (Å²) < 4.78 is 0. The van der Waals surface area contributed by atoms with Gasteiger partial charge in [0.05, 0.1) is 6.54 Å². The minimum absolute atomic E-state index is 0.0914. The van der Waals surface area contributed by atoms with Crippen LogP contribution in [0.3, 0.4) is 0 Å². The number of carbonyl (C=O) groups is 2. The maximum Gasteiger partial charge on any atom is 0.242 e. The smallest absolute Gasteiger partial charge is 0.242 e. The summed E-state index contributed by atoms with van der Waals surface area (Å²) in [6, 6.07) is 2.11. The molecule has 3 N–H and O–H groups in total. The monoisotopic (exact) mass is 377 g/mol. The second-order valence-electron chi connectivity index (χ2n) is 6.96. The van der Waals surface area contributed by atoms with Crippen molar-refractivity contribution in [3.8, 4) is 0 Å². The number of amides is 2. The second kappa shape index (κ2) is 8.53. The second-order valence-corrected chi connectivity index (χ2v) is 7.96. The van der Waals surface area contributed by atoms with Gasteiger partial charge >= 0.3 is 0 Å². The van der Waals surface area contributed by atoms with E-state index in [1.54, 1.807) is 18.4 Å². The Morgan fingerprint density at radius 1 is 1.38 bits per heavy atom. The van der Waals surface area contributed by atoms with Crippen LogP contribution in [0.15, 0.2) is 16.4 Å². The van der Waals surface area contributed by atoms with E-state index in [1.807, 2.05) is 4.90 Å². The predicted molar refractivity (Wildman–Crippen MR) is 103 cm³/mol. The van der Waals surface area contributed by atoms with Crippen LogP contribution < -0.4 is 11.1 Å². The summed E-state index contributed by atoms with van der Waals surface area (Å²) in [7, 11) is 1.73. The third kappa shape index (κ3) is 4.55. The largest absolute Gasteiger partial charge is 0.370 e. The summed E-state index contributed by atoms with van der Waals surface area (Å²) >= 11 is 1.77. The van der Waals surface area contributed by atoms with Gasteiger partial charge in [-0.25, -0.2) is 0 Å². The van der Waals surface area contributed by atoms with Crippen molar-refractivity contribution in [3.63, 3.8) is 0 Å². The van der Waals surface area contributed by atoms with Crippen LogP contribution in [0.5, 0.6) is 0 Å². The molecule has 1 atom stereocenters. The zero-order chi connectivity index (χ0) is 18.5. The first-order chi connectivity index (χ1) is 12.6. The minimum atomic E-state index is -0.257. The molecule has 1 aromatic rings. The number of carbonyl (C=O) groups excluding carboxylic acids is 2. The van der Waals surface area contributed by atoms with E-state index in [2.05, 4.69) is 26.7 Å². The number of fused-ring (bicyclic) bond motifs is 1. The maximum absolute atomic E-state index is 12.6. The Morgan fingerprint density at radius 3 is 3.00 bits per heavy atom. The van der Waals surface area contributed by atoms with Gasteiger partial charge in [-0.15, -0.1) is 11.3 Å². The number of nitrogens with two attached hydrogens (primary N) is 1. The SMILES string of the molecule is CN=C(NCC(=O)N1CCc2sccc2C1)N1CCCC(CC(N)=O)C1. The van der Waals surface area contributed by atoms with Crippen LogP contribution in [0, 0.1) is 5.92 Å². The van der Waals surface area contributed by atoms with Crippen molar-refractivity contribution >= 4 is 29.1 Å². The van der Waals surface area contributed by atoms with Gasteiger partial charge in [0.15, 0.2) is 5.96 Å². The van der Waals surface area contributed by atoms with Crippen molar-refractivity contribution in [2.75, 3.05) is 33.2 Å². The molecule has 2 amide bonds. The average molecular weight is 378 g/mol. The van der Waals surface area contributed by atoms with Crippen molar-refractivity contribution in [3.05, 3.63) is 21.9 Å². The fraction of sp³-hybridized carbons (Fsp3) is 0.611. The summed E-state index contributed by atoms with van der Waals surface area (Å²) in [5.74, 6) is 0.817. The Kier molecular flexibility index (Phi) is 6.13. The normalized spacial score (nSPS) is 20.7. The molecule has 0 saturated carbocycles. The van der Waals surface area contributed by atoms with Gasteiger partial charge in [-0.2, -0.15) is 0 Å². The van der Waals surface area contributed by atoms with Crippen molar-refractivity contribution in [2.45, 2.75) is 32.2 Å². The maximum atomic E-state index is 12.6. The van der Waals surface area contributed by atoms with Crippen molar-refractivity contribution in [1.82, 2.24) is 15.1 Å². The van der Waals surface area contributed by atoms with Gasteiger partial charge in [0.1, 0.15) is 0 Å². The van der Waals surface area contributed by atoms with Crippen LogP contribution in [-0.2, 0) is 22.6 Å². The number of aliphatic imine (C=N–C) groups is 1. The number of hydrogen-bond donors (Lipinski definition) is 2. The van der Waals surface area contributed by atoms with E-state index >= 15 is 0 Å². The van der Waals surface area contributed by atoms with Crippen LogP contribution in [0.2, 0.25) is 0 Å². The lowest BCUT2D eigenvalue weighted by atomic mass is 9.95. The molecular weight excluding hydrogens is 350 g/mol. The molecule has 2 aliphatic heterocycles. The third-order valence-corrected chi connectivity index (χ3v) is 6.10. The molecule has 1 saturated heterocycles.